The van der Waals surface area contributed by atoms with Crippen LogP contribution >= 0.6 is 34.8 Å². The molecule has 1 heterocycles. The first-order valence-corrected chi connectivity index (χ1v) is 4.16. The Kier molecular flexibility index (Phi) is 3.05. The number of Topliss-reactive ketones (excluding diaryl/α,β-unsaturated/α-hetero) is 1. The first-order chi connectivity index (χ1) is 5.93. The van der Waals surface area contributed by atoms with Gasteiger partial charge in [-0.1, -0.05) is 34.8 Å². The molecule has 0 aliphatic carbocycles. The molecule has 1 aliphatic rings. The Hall–Kier alpha value is -0.450. The molecule has 0 N–H and O–H groups in total. The van der Waals surface area contributed by atoms with E-state index >= 15 is 0 Å². The monoisotopic (exact) mass is 244 g/mol. The second kappa shape index (κ2) is 3.74. The lowest BCUT2D eigenvalue weighted by Gasteiger charge is -2.15. The molecule has 0 aromatic heterocycles. The van der Waals surface area contributed by atoms with E-state index in [1.807, 2.05) is 0 Å². The van der Waals surface area contributed by atoms with Gasteiger partial charge in [0.05, 0.1) is 0 Å². The highest BCUT2D eigenvalue weighted by Crippen LogP contribution is 2.30. The molecule has 13 heavy (non-hydrogen) atoms. The summed E-state index contributed by atoms with van der Waals surface area (Å²) in [6, 6.07) is 0. The Bertz CT molecular complexity index is 278. The minimum absolute atomic E-state index is 0.241. The largest absolute Gasteiger partial charge is 0.464 e. The quantitative estimate of drug-likeness (QED) is 0.397. The highest BCUT2D eigenvalue weighted by atomic mass is 35.6. The third-order valence-electron chi connectivity index (χ3n) is 1.18. The first kappa shape index (κ1) is 10.6. The summed E-state index contributed by atoms with van der Waals surface area (Å²) >= 11 is 15.8. The summed E-state index contributed by atoms with van der Waals surface area (Å²) < 4.78 is 6.77. The van der Waals surface area contributed by atoms with E-state index in [4.69, 9.17) is 34.8 Å². The molecule has 0 spiro atoms. The van der Waals surface area contributed by atoms with Crippen LogP contribution < -0.4 is 0 Å². The number of carbonyl (C=O) groups excluding carboxylic acids is 2. The molecule has 72 valence electrons. The fraction of sp³-hybridized carbons (Fsp3) is 0.333. The normalized spacial score (nSPS) is 17.2. The number of esters is 1. The second-order valence-corrected chi connectivity index (χ2v) is 4.36. The third-order valence-corrected chi connectivity index (χ3v) is 1.70. The fourth-order valence-corrected chi connectivity index (χ4v) is 0.935. The smallest absolute Gasteiger partial charge is 0.347 e. The molecule has 0 saturated heterocycles. The minimum Gasteiger partial charge on any atom is -0.464 e. The summed E-state index contributed by atoms with van der Waals surface area (Å²) in [7, 11) is 0. The number of alkyl halides is 3. The summed E-state index contributed by atoms with van der Waals surface area (Å²) in [6.45, 7) is -0.241. The predicted octanol–water partition coefficient (Wildman–Crippen LogP) is 1.34. The van der Waals surface area contributed by atoms with Gasteiger partial charge in [-0.3, -0.25) is 4.79 Å². The van der Waals surface area contributed by atoms with Gasteiger partial charge in [-0.05, 0) is 0 Å². The van der Waals surface area contributed by atoms with Crippen LogP contribution in [0.3, 0.4) is 0 Å². The summed E-state index contributed by atoms with van der Waals surface area (Å²) in [4.78, 5) is 22.1. The van der Waals surface area contributed by atoms with Gasteiger partial charge in [0.25, 0.3) is 3.79 Å². The Labute approximate surface area is 88.3 Å². The maximum absolute atomic E-state index is 11.2. The Morgan fingerprint density at radius 3 is 2.54 bits per heavy atom. The summed E-state index contributed by atoms with van der Waals surface area (Å²) in [6.07, 6.45) is 0.913. The number of ether oxygens (including phenoxy) is 2. The van der Waals surface area contributed by atoms with Crippen molar-refractivity contribution in [1.82, 2.24) is 0 Å². The van der Waals surface area contributed by atoms with E-state index in [9.17, 15) is 9.59 Å². The highest BCUT2D eigenvalue weighted by molar-refractivity contribution is 6.78. The van der Waals surface area contributed by atoms with Crippen molar-refractivity contribution in [2.24, 2.45) is 0 Å². The zero-order valence-corrected chi connectivity index (χ0v) is 8.32. The lowest BCUT2D eigenvalue weighted by atomic mass is 10.2. The van der Waals surface area contributed by atoms with E-state index in [0.29, 0.717) is 0 Å². The fourth-order valence-electron chi connectivity index (χ4n) is 0.630. The van der Waals surface area contributed by atoms with Gasteiger partial charge >= 0.3 is 5.97 Å². The molecule has 0 atom stereocenters. The second-order valence-electron chi connectivity index (χ2n) is 2.07. The van der Waals surface area contributed by atoms with E-state index < -0.39 is 21.1 Å². The topological polar surface area (TPSA) is 52.6 Å². The molecule has 4 nitrogen and oxygen atoms in total. The number of halogens is 3. The Morgan fingerprint density at radius 2 is 2.08 bits per heavy atom. The predicted molar refractivity (Wildman–Crippen MR) is 45.4 cm³/mol. The number of rotatable bonds is 1. The average molecular weight is 245 g/mol. The molecule has 0 aromatic rings. The number of hydrogen-bond donors (Lipinski definition) is 0. The number of carbonyl (C=O) groups is 2. The Balaban J connectivity index is 2.88. The molecular formula is C6H3Cl3O4. The van der Waals surface area contributed by atoms with Gasteiger partial charge in [0, 0.05) is 0 Å². The van der Waals surface area contributed by atoms with Gasteiger partial charge in [0.15, 0.2) is 0 Å². The van der Waals surface area contributed by atoms with Crippen molar-refractivity contribution in [3.05, 3.63) is 11.8 Å². The van der Waals surface area contributed by atoms with Crippen LogP contribution in [0.4, 0.5) is 0 Å². The van der Waals surface area contributed by atoms with Crippen LogP contribution in [0.25, 0.3) is 0 Å². The average Bonchev–Trinajstić information content (AvgIpc) is 2.02. The maximum atomic E-state index is 11.2. The van der Waals surface area contributed by atoms with Crippen molar-refractivity contribution in [2.75, 3.05) is 6.79 Å². The van der Waals surface area contributed by atoms with Gasteiger partial charge in [-0.2, -0.15) is 0 Å². The van der Waals surface area contributed by atoms with E-state index in [0.717, 1.165) is 6.26 Å². The molecule has 0 bridgehead atoms. The molecule has 1 rings (SSSR count). The lowest BCUT2D eigenvalue weighted by Crippen LogP contribution is -2.29. The molecular weight excluding hydrogens is 242 g/mol. The maximum Gasteiger partial charge on any atom is 0.347 e. The summed E-state index contributed by atoms with van der Waals surface area (Å²) in [5.74, 6) is -1.83. The Morgan fingerprint density at radius 1 is 1.46 bits per heavy atom. The number of ketones is 1. The van der Waals surface area contributed by atoms with Crippen LogP contribution in [0.15, 0.2) is 11.8 Å². The van der Waals surface area contributed by atoms with Crippen molar-refractivity contribution >= 4 is 46.6 Å². The molecule has 0 amide bonds. The number of hydrogen-bond acceptors (Lipinski definition) is 4. The summed E-state index contributed by atoms with van der Waals surface area (Å²) in [5, 5.41) is 0. The molecule has 0 saturated carbocycles. The molecule has 0 radical (unpaired) electrons. The van der Waals surface area contributed by atoms with Gasteiger partial charge in [0.2, 0.25) is 12.6 Å². The van der Waals surface area contributed by atoms with Crippen molar-refractivity contribution in [1.29, 1.82) is 0 Å². The van der Waals surface area contributed by atoms with Crippen LogP contribution in [0.1, 0.15) is 0 Å². The van der Waals surface area contributed by atoms with E-state index in [2.05, 4.69) is 9.47 Å². The first-order valence-electron chi connectivity index (χ1n) is 3.03. The molecule has 0 unspecified atom stereocenters. The number of cyclic esters (lactones) is 1. The van der Waals surface area contributed by atoms with Gasteiger partial charge in [-0.25, -0.2) is 4.79 Å². The van der Waals surface area contributed by atoms with Gasteiger partial charge < -0.3 is 9.47 Å². The van der Waals surface area contributed by atoms with Crippen LogP contribution in [-0.4, -0.2) is 22.3 Å². The highest BCUT2D eigenvalue weighted by Gasteiger charge is 2.38. The van der Waals surface area contributed by atoms with E-state index in [-0.39, 0.29) is 6.79 Å². The van der Waals surface area contributed by atoms with Crippen LogP contribution in [0.2, 0.25) is 0 Å². The van der Waals surface area contributed by atoms with Crippen LogP contribution in [-0.2, 0) is 19.1 Å². The van der Waals surface area contributed by atoms with Crippen LogP contribution in [0, 0.1) is 0 Å². The molecule has 7 heteroatoms. The van der Waals surface area contributed by atoms with Crippen molar-refractivity contribution in [3.8, 4) is 0 Å². The molecule has 0 aromatic carbocycles. The standard InChI is InChI=1S/C6H3Cl3O4/c7-6(8,9)4(10)3-1-12-2-13-5(3)11/h1H,2H2. The summed E-state index contributed by atoms with van der Waals surface area (Å²) in [5.41, 5.74) is -0.411. The van der Waals surface area contributed by atoms with Gasteiger partial charge in [0.1, 0.15) is 11.8 Å². The minimum atomic E-state index is -2.18. The van der Waals surface area contributed by atoms with E-state index in [1.54, 1.807) is 0 Å². The third kappa shape index (κ3) is 2.49. The molecule has 1 aliphatic heterocycles. The van der Waals surface area contributed by atoms with E-state index in [1.165, 1.54) is 0 Å². The van der Waals surface area contributed by atoms with Crippen molar-refractivity contribution < 1.29 is 19.1 Å². The van der Waals surface area contributed by atoms with Crippen LogP contribution in [0.5, 0.6) is 0 Å². The SMILES string of the molecule is O=C1OCOC=C1C(=O)C(Cl)(Cl)Cl. The zero-order valence-electron chi connectivity index (χ0n) is 6.05. The van der Waals surface area contributed by atoms with Crippen molar-refractivity contribution in [3.63, 3.8) is 0 Å². The van der Waals surface area contributed by atoms with Gasteiger partial charge in [-0.15, -0.1) is 0 Å². The zero-order chi connectivity index (χ0) is 10.1. The lowest BCUT2D eigenvalue weighted by molar-refractivity contribution is -0.152. The molecule has 0 fully saturated rings. The van der Waals surface area contributed by atoms with Crippen molar-refractivity contribution in [2.45, 2.75) is 3.79 Å².